The van der Waals surface area contributed by atoms with Crippen LogP contribution >= 0.6 is 15.9 Å². The molecule has 2 rings (SSSR count). The van der Waals surface area contributed by atoms with Gasteiger partial charge in [-0.2, -0.15) is 4.31 Å². The summed E-state index contributed by atoms with van der Waals surface area (Å²) in [7, 11) is -3.88. The summed E-state index contributed by atoms with van der Waals surface area (Å²) in [5.41, 5.74) is 0. The zero-order valence-electron chi connectivity index (χ0n) is 9.96. The van der Waals surface area contributed by atoms with Gasteiger partial charge in [0.2, 0.25) is 21.8 Å². The van der Waals surface area contributed by atoms with Gasteiger partial charge in [0.1, 0.15) is 6.04 Å². The van der Waals surface area contributed by atoms with Crippen molar-refractivity contribution in [3.63, 3.8) is 0 Å². The molecule has 1 aromatic carbocycles. The molecule has 1 aliphatic heterocycles. The van der Waals surface area contributed by atoms with Crippen LogP contribution in [0.4, 0.5) is 0 Å². The van der Waals surface area contributed by atoms with Crippen molar-refractivity contribution in [1.82, 2.24) is 9.62 Å². The number of nitrogens with one attached hydrogen (secondary N) is 1. The molecule has 1 aliphatic rings. The maximum atomic E-state index is 12.4. The fraction of sp³-hybridized carbons (Fsp3) is 0.273. The molecular formula is C11H11BrN2O4S. The van der Waals surface area contributed by atoms with E-state index in [9.17, 15) is 18.0 Å². The van der Waals surface area contributed by atoms with Crippen molar-refractivity contribution in [2.45, 2.75) is 17.9 Å². The maximum Gasteiger partial charge on any atom is 0.244 e. The van der Waals surface area contributed by atoms with E-state index in [1.165, 1.54) is 19.1 Å². The quantitative estimate of drug-likeness (QED) is 0.789. The Morgan fingerprint density at radius 1 is 1.37 bits per heavy atom. The van der Waals surface area contributed by atoms with Crippen LogP contribution in [0.3, 0.4) is 0 Å². The molecule has 1 N–H and O–H groups in total. The standard InChI is InChI=1S/C11H11BrN2O4S/c1-7-11(16)13-10(15)6-14(7)19(17,18)9-4-2-3-8(12)5-9/h2-5,7H,6H2,1H3,(H,13,15,16). The van der Waals surface area contributed by atoms with E-state index in [1.54, 1.807) is 12.1 Å². The van der Waals surface area contributed by atoms with E-state index in [2.05, 4.69) is 21.2 Å². The lowest BCUT2D eigenvalue weighted by atomic mass is 10.2. The van der Waals surface area contributed by atoms with Gasteiger partial charge in [-0.05, 0) is 25.1 Å². The van der Waals surface area contributed by atoms with Crippen LogP contribution in [0.5, 0.6) is 0 Å². The number of amides is 2. The first kappa shape index (κ1) is 14.2. The van der Waals surface area contributed by atoms with Crippen LogP contribution in [0.1, 0.15) is 6.92 Å². The third-order valence-electron chi connectivity index (χ3n) is 2.78. The Hall–Kier alpha value is -1.25. The molecule has 1 fully saturated rings. The van der Waals surface area contributed by atoms with Gasteiger partial charge in [-0.25, -0.2) is 8.42 Å². The smallest absolute Gasteiger partial charge is 0.244 e. The van der Waals surface area contributed by atoms with Crippen LogP contribution in [-0.4, -0.2) is 37.1 Å². The highest BCUT2D eigenvalue weighted by Gasteiger charge is 2.38. The molecule has 0 spiro atoms. The number of halogens is 1. The Balaban J connectivity index is 2.44. The summed E-state index contributed by atoms with van der Waals surface area (Å²) in [4.78, 5) is 22.9. The van der Waals surface area contributed by atoms with Crippen molar-refractivity contribution in [3.8, 4) is 0 Å². The number of carbonyl (C=O) groups is 2. The largest absolute Gasteiger partial charge is 0.294 e. The van der Waals surface area contributed by atoms with Gasteiger partial charge in [-0.1, -0.05) is 22.0 Å². The Bertz CT molecular complexity index is 644. The molecular weight excluding hydrogens is 336 g/mol. The lowest BCUT2D eigenvalue weighted by molar-refractivity contribution is -0.136. The highest BCUT2D eigenvalue weighted by atomic mass is 79.9. The minimum atomic E-state index is -3.88. The van der Waals surface area contributed by atoms with Crippen molar-refractivity contribution in [2.24, 2.45) is 0 Å². The van der Waals surface area contributed by atoms with Gasteiger partial charge in [0.05, 0.1) is 11.4 Å². The molecule has 8 heteroatoms. The van der Waals surface area contributed by atoms with Crippen LogP contribution in [0.15, 0.2) is 33.6 Å². The van der Waals surface area contributed by atoms with Gasteiger partial charge in [-0.3, -0.25) is 14.9 Å². The molecule has 19 heavy (non-hydrogen) atoms. The number of rotatable bonds is 2. The van der Waals surface area contributed by atoms with Crippen LogP contribution in [0.25, 0.3) is 0 Å². The lowest BCUT2D eigenvalue weighted by Crippen LogP contribution is -2.58. The molecule has 1 unspecified atom stereocenters. The minimum Gasteiger partial charge on any atom is -0.294 e. The molecule has 1 saturated heterocycles. The van der Waals surface area contributed by atoms with Gasteiger partial charge in [0.25, 0.3) is 0 Å². The average molecular weight is 347 g/mol. The molecule has 0 radical (unpaired) electrons. The molecule has 6 nitrogen and oxygen atoms in total. The highest BCUT2D eigenvalue weighted by Crippen LogP contribution is 2.22. The SMILES string of the molecule is CC1C(=O)NC(=O)CN1S(=O)(=O)c1cccc(Br)c1. The van der Waals surface area contributed by atoms with E-state index in [0.717, 1.165) is 4.31 Å². The normalized spacial score (nSPS) is 21.3. The molecule has 1 heterocycles. The summed E-state index contributed by atoms with van der Waals surface area (Å²) in [5, 5.41) is 2.10. The van der Waals surface area contributed by atoms with Gasteiger partial charge >= 0.3 is 0 Å². The monoisotopic (exact) mass is 346 g/mol. The Labute approximate surface area is 119 Å². The number of piperazine rings is 1. The van der Waals surface area contributed by atoms with Gasteiger partial charge in [0, 0.05) is 4.47 Å². The van der Waals surface area contributed by atoms with E-state index in [-0.39, 0.29) is 11.4 Å². The second-order valence-electron chi connectivity index (χ2n) is 4.10. The third kappa shape index (κ3) is 2.70. The minimum absolute atomic E-state index is 0.0382. The van der Waals surface area contributed by atoms with Gasteiger partial charge < -0.3 is 0 Å². The Kier molecular flexibility index (Phi) is 3.75. The van der Waals surface area contributed by atoms with E-state index in [1.807, 2.05) is 0 Å². The number of nitrogens with zero attached hydrogens (tertiary/aromatic N) is 1. The predicted octanol–water partition coefficient (Wildman–Crippen LogP) is 0.485. The van der Waals surface area contributed by atoms with Crippen molar-refractivity contribution >= 4 is 37.8 Å². The zero-order chi connectivity index (χ0) is 14.2. The van der Waals surface area contributed by atoms with Crippen molar-refractivity contribution in [1.29, 1.82) is 0 Å². The molecule has 0 saturated carbocycles. The first-order valence-corrected chi connectivity index (χ1v) is 7.67. The topological polar surface area (TPSA) is 83.6 Å². The number of sulfonamides is 1. The summed E-state index contributed by atoms with van der Waals surface area (Å²) in [6, 6.07) is 5.20. The van der Waals surface area contributed by atoms with Crippen LogP contribution in [0, 0.1) is 0 Å². The first-order chi connectivity index (χ1) is 8.82. The summed E-state index contributed by atoms with van der Waals surface area (Å²) in [6.07, 6.45) is 0. The summed E-state index contributed by atoms with van der Waals surface area (Å²) < 4.78 is 26.3. The number of benzene rings is 1. The predicted molar refractivity (Wildman–Crippen MR) is 70.6 cm³/mol. The molecule has 0 aromatic heterocycles. The van der Waals surface area contributed by atoms with E-state index in [4.69, 9.17) is 0 Å². The number of hydrogen-bond donors (Lipinski definition) is 1. The Morgan fingerprint density at radius 3 is 2.68 bits per heavy atom. The van der Waals surface area contributed by atoms with Gasteiger partial charge in [0.15, 0.2) is 0 Å². The third-order valence-corrected chi connectivity index (χ3v) is 5.18. The van der Waals surface area contributed by atoms with E-state index >= 15 is 0 Å². The molecule has 0 bridgehead atoms. The molecule has 1 aromatic rings. The summed E-state index contributed by atoms with van der Waals surface area (Å²) >= 11 is 3.19. The summed E-state index contributed by atoms with van der Waals surface area (Å²) in [6.45, 7) is 1.08. The molecule has 1 atom stereocenters. The van der Waals surface area contributed by atoms with E-state index < -0.39 is 27.9 Å². The molecule has 0 aliphatic carbocycles. The summed E-state index contributed by atoms with van der Waals surface area (Å²) in [5.74, 6) is -1.24. The number of carbonyl (C=O) groups excluding carboxylic acids is 2. The fourth-order valence-electron chi connectivity index (χ4n) is 1.75. The van der Waals surface area contributed by atoms with Crippen LogP contribution in [-0.2, 0) is 19.6 Å². The van der Waals surface area contributed by atoms with Crippen molar-refractivity contribution in [2.75, 3.05) is 6.54 Å². The highest BCUT2D eigenvalue weighted by molar-refractivity contribution is 9.10. The first-order valence-electron chi connectivity index (χ1n) is 5.43. The van der Waals surface area contributed by atoms with Crippen molar-refractivity contribution < 1.29 is 18.0 Å². The maximum absolute atomic E-state index is 12.4. The fourth-order valence-corrected chi connectivity index (χ4v) is 3.89. The number of imide groups is 1. The van der Waals surface area contributed by atoms with Crippen LogP contribution in [0.2, 0.25) is 0 Å². The van der Waals surface area contributed by atoms with Gasteiger partial charge in [-0.15, -0.1) is 0 Å². The zero-order valence-corrected chi connectivity index (χ0v) is 12.4. The average Bonchev–Trinajstić information content (AvgIpc) is 2.33. The Morgan fingerprint density at radius 2 is 2.05 bits per heavy atom. The molecule has 102 valence electrons. The second kappa shape index (κ2) is 5.03. The lowest BCUT2D eigenvalue weighted by Gasteiger charge is -2.30. The molecule has 2 amide bonds. The van der Waals surface area contributed by atoms with Crippen LogP contribution < -0.4 is 5.32 Å². The second-order valence-corrected chi connectivity index (χ2v) is 6.90. The number of hydrogen-bond acceptors (Lipinski definition) is 4. The van der Waals surface area contributed by atoms with E-state index in [0.29, 0.717) is 4.47 Å². The van der Waals surface area contributed by atoms with Crippen molar-refractivity contribution in [3.05, 3.63) is 28.7 Å².